The number of hydrogen-bond acceptors (Lipinski definition) is 2. The van der Waals surface area contributed by atoms with E-state index in [1.807, 2.05) is 25.5 Å². The zero-order chi connectivity index (χ0) is 9.52. The second-order valence-corrected chi connectivity index (χ2v) is 3.27. The highest BCUT2D eigenvalue weighted by molar-refractivity contribution is 5.13. The highest BCUT2D eigenvalue weighted by Crippen LogP contribution is 2.17. The molecule has 72 valence electrons. The first-order valence-electron chi connectivity index (χ1n) is 4.95. The summed E-state index contributed by atoms with van der Waals surface area (Å²) in [5.74, 6) is 0. The predicted molar refractivity (Wildman–Crippen MR) is 55.6 cm³/mol. The molecule has 2 nitrogen and oxygen atoms in total. The summed E-state index contributed by atoms with van der Waals surface area (Å²) in [4.78, 5) is 4.12. The Morgan fingerprint density at radius 2 is 2.38 bits per heavy atom. The van der Waals surface area contributed by atoms with Crippen LogP contribution in [0.5, 0.6) is 0 Å². The molecule has 1 aromatic heterocycles. The molecule has 0 saturated carbocycles. The molecule has 0 radical (unpaired) electrons. The van der Waals surface area contributed by atoms with E-state index >= 15 is 0 Å². The standard InChI is InChI=1S/C11H18N2/c1-3-4-7-11(12-2)10-6-5-8-13-9-10/h5-6,8-9,11-12H,3-4,7H2,1-2H3/t11-/m1/s1. The molecule has 1 atom stereocenters. The summed E-state index contributed by atoms with van der Waals surface area (Å²) in [6, 6.07) is 4.59. The van der Waals surface area contributed by atoms with Gasteiger partial charge in [-0.1, -0.05) is 25.8 Å². The number of pyridine rings is 1. The van der Waals surface area contributed by atoms with Crippen LogP contribution in [0.2, 0.25) is 0 Å². The maximum atomic E-state index is 4.12. The first-order chi connectivity index (χ1) is 6.38. The van der Waals surface area contributed by atoms with Gasteiger partial charge in [-0.2, -0.15) is 0 Å². The summed E-state index contributed by atoms with van der Waals surface area (Å²) in [6.07, 6.45) is 7.46. The van der Waals surface area contributed by atoms with Gasteiger partial charge in [0.15, 0.2) is 0 Å². The van der Waals surface area contributed by atoms with Crippen LogP contribution in [0, 0.1) is 0 Å². The molecule has 1 rings (SSSR count). The van der Waals surface area contributed by atoms with Gasteiger partial charge < -0.3 is 5.32 Å². The van der Waals surface area contributed by atoms with E-state index in [1.165, 1.54) is 24.8 Å². The van der Waals surface area contributed by atoms with Crippen molar-refractivity contribution >= 4 is 0 Å². The van der Waals surface area contributed by atoms with E-state index in [2.05, 4.69) is 23.3 Å². The van der Waals surface area contributed by atoms with E-state index in [4.69, 9.17) is 0 Å². The van der Waals surface area contributed by atoms with Crippen LogP contribution in [-0.4, -0.2) is 12.0 Å². The molecule has 0 aliphatic rings. The summed E-state index contributed by atoms with van der Waals surface area (Å²) in [7, 11) is 2.01. The Kier molecular flexibility index (Phi) is 4.47. The lowest BCUT2D eigenvalue weighted by atomic mass is 10.0. The molecule has 1 aromatic rings. The van der Waals surface area contributed by atoms with Crippen molar-refractivity contribution in [3.8, 4) is 0 Å². The first kappa shape index (κ1) is 10.2. The van der Waals surface area contributed by atoms with Gasteiger partial charge in [-0.05, 0) is 25.1 Å². The molecule has 0 fully saturated rings. The molecule has 0 aromatic carbocycles. The van der Waals surface area contributed by atoms with Crippen molar-refractivity contribution in [1.82, 2.24) is 10.3 Å². The molecular formula is C11H18N2. The summed E-state index contributed by atoms with van der Waals surface area (Å²) in [5.41, 5.74) is 1.29. The van der Waals surface area contributed by atoms with Crippen LogP contribution in [0.4, 0.5) is 0 Å². The Morgan fingerprint density at radius 1 is 1.54 bits per heavy atom. The fourth-order valence-corrected chi connectivity index (χ4v) is 1.47. The normalized spacial score (nSPS) is 12.8. The summed E-state index contributed by atoms with van der Waals surface area (Å²) < 4.78 is 0. The minimum absolute atomic E-state index is 0.466. The largest absolute Gasteiger partial charge is 0.313 e. The van der Waals surface area contributed by atoms with Gasteiger partial charge in [0, 0.05) is 18.4 Å². The van der Waals surface area contributed by atoms with Gasteiger partial charge in [0.05, 0.1) is 0 Å². The Hall–Kier alpha value is -0.890. The molecule has 0 bridgehead atoms. The predicted octanol–water partition coefficient (Wildman–Crippen LogP) is 2.53. The highest BCUT2D eigenvalue weighted by Gasteiger charge is 2.06. The monoisotopic (exact) mass is 178 g/mol. The summed E-state index contributed by atoms with van der Waals surface area (Å²) >= 11 is 0. The van der Waals surface area contributed by atoms with Crippen molar-refractivity contribution in [2.75, 3.05) is 7.05 Å². The van der Waals surface area contributed by atoms with Crippen LogP contribution in [0.25, 0.3) is 0 Å². The van der Waals surface area contributed by atoms with E-state index < -0.39 is 0 Å². The third-order valence-corrected chi connectivity index (χ3v) is 2.28. The number of hydrogen-bond donors (Lipinski definition) is 1. The lowest BCUT2D eigenvalue weighted by Crippen LogP contribution is -2.16. The van der Waals surface area contributed by atoms with Crippen LogP contribution >= 0.6 is 0 Å². The van der Waals surface area contributed by atoms with Gasteiger partial charge in [0.25, 0.3) is 0 Å². The van der Waals surface area contributed by atoms with Gasteiger partial charge >= 0.3 is 0 Å². The third kappa shape index (κ3) is 3.15. The highest BCUT2D eigenvalue weighted by atomic mass is 14.9. The minimum Gasteiger partial charge on any atom is -0.313 e. The average Bonchev–Trinajstić information content (AvgIpc) is 2.21. The van der Waals surface area contributed by atoms with E-state index in [0.717, 1.165) is 0 Å². The molecule has 0 aliphatic heterocycles. The molecule has 0 spiro atoms. The molecule has 13 heavy (non-hydrogen) atoms. The van der Waals surface area contributed by atoms with Crippen LogP contribution in [-0.2, 0) is 0 Å². The average molecular weight is 178 g/mol. The molecular weight excluding hydrogens is 160 g/mol. The fraction of sp³-hybridized carbons (Fsp3) is 0.545. The van der Waals surface area contributed by atoms with E-state index in [0.29, 0.717) is 6.04 Å². The maximum absolute atomic E-state index is 4.12. The van der Waals surface area contributed by atoms with Gasteiger partial charge in [-0.3, -0.25) is 4.98 Å². The number of nitrogens with one attached hydrogen (secondary N) is 1. The van der Waals surface area contributed by atoms with Crippen molar-refractivity contribution < 1.29 is 0 Å². The zero-order valence-corrected chi connectivity index (χ0v) is 8.46. The fourth-order valence-electron chi connectivity index (χ4n) is 1.47. The molecule has 0 amide bonds. The van der Waals surface area contributed by atoms with Crippen LogP contribution in [0.1, 0.15) is 37.8 Å². The second kappa shape index (κ2) is 5.70. The molecule has 0 saturated heterocycles. The van der Waals surface area contributed by atoms with Crippen LogP contribution in [0.15, 0.2) is 24.5 Å². The Balaban J connectivity index is 2.56. The van der Waals surface area contributed by atoms with Crippen molar-refractivity contribution in [3.05, 3.63) is 30.1 Å². The Labute approximate surface area is 80.4 Å². The van der Waals surface area contributed by atoms with E-state index in [1.54, 1.807) is 0 Å². The lowest BCUT2D eigenvalue weighted by molar-refractivity contribution is 0.521. The zero-order valence-electron chi connectivity index (χ0n) is 8.46. The molecule has 0 aliphatic carbocycles. The second-order valence-electron chi connectivity index (χ2n) is 3.27. The smallest absolute Gasteiger partial charge is 0.0332 e. The Bertz CT molecular complexity index is 221. The number of rotatable bonds is 5. The van der Waals surface area contributed by atoms with Gasteiger partial charge in [0.2, 0.25) is 0 Å². The van der Waals surface area contributed by atoms with E-state index in [-0.39, 0.29) is 0 Å². The first-order valence-corrected chi connectivity index (χ1v) is 4.95. The third-order valence-electron chi connectivity index (χ3n) is 2.28. The quantitative estimate of drug-likeness (QED) is 0.749. The summed E-state index contributed by atoms with van der Waals surface area (Å²) in [6.45, 7) is 2.22. The minimum atomic E-state index is 0.466. The van der Waals surface area contributed by atoms with Crippen LogP contribution < -0.4 is 5.32 Å². The van der Waals surface area contributed by atoms with Crippen LogP contribution in [0.3, 0.4) is 0 Å². The lowest BCUT2D eigenvalue weighted by Gasteiger charge is -2.15. The summed E-state index contributed by atoms with van der Waals surface area (Å²) in [5, 5.41) is 3.31. The van der Waals surface area contributed by atoms with Crippen molar-refractivity contribution in [2.24, 2.45) is 0 Å². The topological polar surface area (TPSA) is 24.9 Å². The van der Waals surface area contributed by atoms with Gasteiger partial charge in [-0.15, -0.1) is 0 Å². The number of unbranched alkanes of at least 4 members (excludes halogenated alkanes) is 1. The Morgan fingerprint density at radius 3 is 2.92 bits per heavy atom. The molecule has 1 N–H and O–H groups in total. The molecule has 0 unspecified atom stereocenters. The van der Waals surface area contributed by atoms with Gasteiger partial charge in [0.1, 0.15) is 0 Å². The van der Waals surface area contributed by atoms with Crippen molar-refractivity contribution in [2.45, 2.75) is 32.2 Å². The van der Waals surface area contributed by atoms with Gasteiger partial charge in [-0.25, -0.2) is 0 Å². The maximum Gasteiger partial charge on any atom is 0.0332 e. The molecule has 2 heteroatoms. The van der Waals surface area contributed by atoms with Crippen molar-refractivity contribution in [1.29, 1.82) is 0 Å². The number of nitrogens with zero attached hydrogens (tertiary/aromatic N) is 1. The van der Waals surface area contributed by atoms with Crippen molar-refractivity contribution in [3.63, 3.8) is 0 Å². The number of aromatic nitrogens is 1. The van der Waals surface area contributed by atoms with E-state index in [9.17, 15) is 0 Å². The molecule has 1 heterocycles. The SMILES string of the molecule is CCCC[C@@H](NC)c1cccnc1.